The molecule has 2 aromatic carbocycles. The summed E-state index contributed by atoms with van der Waals surface area (Å²) in [4.78, 5) is 14.4. The molecule has 0 radical (unpaired) electrons. The molecule has 6 heteroatoms. The van der Waals surface area contributed by atoms with Crippen molar-refractivity contribution in [3.8, 4) is 17.2 Å². The number of carbonyl (C=O) groups excluding carboxylic acids is 1. The zero-order chi connectivity index (χ0) is 18.5. The topological polar surface area (TPSA) is 48.0 Å². The second-order valence-corrected chi connectivity index (χ2v) is 6.07. The van der Waals surface area contributed by atoms with Crippen LogP contribution >= 0.6 is 0 Å². The number of para-hydroxylation sites is 1. The third kappa shape index (κ3) is 3.74. The molecule has 1 heterocycles. The highest BCUT2D eigenvalue weighted by atomic mass is 19.1. The minimum Gasteiger partial charge on any atom is -0.497 e. The summed E-state index contributed by atoms with van der Waals surface area (Å²) in [6.07, 6.45) is 1.71. The number of hydrogen-bond acceptors (Lipinski definition) is 4. The fourth-order valence-corrected chi connectivity index (χ4v) is 3.27. The Labute approximate surface area is 152 Å². The van der Waals surface area contributed by atoms with E-state index in [1.807, 2.05) is 18.2 Å². The molecule has 1 aliphatic rings. The first-order chi connectivity index (χ1) is 12.6. The third-order valence-electron chi connectivity index (χ3n) is 4.56. The molecule has 26 heavy (non-hydrogen) atoms. The van der Waals surface area contributed by atoms with Crippen molar-refractivity contribution in [2.75, 3.05) is 27.4 Å². The smallest absolute Gasteiger partial charge is 0.261 e. The number of benzene rings is 2. The maximum Gasteiger partial charge on any atom is 0.261 e. The van der Waals surface area contributed by atoms with Gasteiger partial charge in [-0.25, -0.2) is 4.39 Å². The number of rotatable bonds is 6. The summed E-state index contributed by atoms with van der Waals surface area (Å²) in [6, 6.07) is 11.5. The van der Waals surface area contributed by atoms with Crippen molar-refractivity contribution in [2.45, 2.75) is 18.9 Å². The Balaban J connectivity index is 1.75. The van der Waals surface area contributed by atoms with Crippen LogP contribution in [0, 0.1) is 5.82 Å². The van der Waals surface area contributed by atoms with E-state index in [0.29, 0.717) is 18.0 Å². The van der Waals surface area contributed by atoms with Gasteiger partial charge in [0.25, 0.3) is 5.91 Å². The number of amides is 1. The van der Waals surface area contributed by atoms with Crippen LogP contribution in [0.25, 0.3) is 0 Å². The SMILES string of the molecule is COc1ccc(OC)c([C@@H]2CCCN2C(=O)COc2ccccc2F)c1. The van der Waals surface area contributed by atoms with Gasteiger partial charge in [0.15, 0.2) is 18.2 Å². The van der Waals surface area contributed by atoms with Gasteiger partial charge in [0, 0.05) is 12.1 Å². The second-order valence-electron chi connectivity index (χ2n) is 6.07. The van der Waals surface area contributed by atoms with E-state index in [9.17, 15) is 9.18 Å². The van der Waals surface area contributed by atoms with Gasteiger partial charge in [-0.1, -0.05) is 12.1 Å². The molecule has 3 rings (SSSR count). The molecular weight excluding hydrogens is 337 g/mol. The average molecular weight is 359 g/mol. The summed E-state index contributed by atoms with van der Waals surface area (Å²) >= 11 is 0. The lowest BCUT2D eigenvalue weighted by Crippen LogP contribution is -2.34. The first-order valence-corrected chi connectivity index (χ1v) is 8.52. The molecule has 0 N–H and O–H groups in total. The van der Waals surface area contributed by atoms with Gasteiger partial charge in [0.1, 0.15) is 11.5 Å². The molecular formula is C20H22FNO4. The maximum atomic E-state index is 13.7. The van der Waals surface area contributed by atoms with Crippen molar-refractivity contribution in [1.82, 2.24) is 4.90 Å². The predicted octanol–water partition coefficient (Wildman–Crippen LogP) is 3.59. The zero-order valence-corrected chi connectivity index (χ0v) is 14.9. The van der Waals surface area contributed by atoms with Gasteiger partial charge < -0.3 is 19.1 Å². The Kier molecular flexibility index (Phi) is 5.61. The molecule has 1 saturated heterocycles. The molecule has 0 aliphatic carbocycles. The van der Waals surface area contributed by atoms with Crippen LogP contribution in [-0.2, 0) is 4.79 Å². The van der Waals surface area contributed by atoms with Crippen molar-refractivity contribution in [3.63, 3.8) is 0 Å². The number of methoxy groups -OCH3 is 2. The Morgan fingerprint density at radius 2 is 1.96 bits per heavy atom. The van der Waals surface area contributed by atoms with Crippen molar-refractivity contribution >= 4 is 5.91 Å². The second kappa shape index (κ2) is 8.08. The van der Waals surface area contributed by atoms with E-state index in [4.69, 9.17) is 14.2 Å². The van der Waals surface area contributed by atoms with Gasteiger partial charge in [0.05, 0.1) is 20.3 Å². The summed E-state index contributed by atoms with van der Waals surface area (Å²) in [5.74, 6) is 0.845. The molecule has 1 atom stereocenters. The highest BCUT2D eigenvalue weighted by Gasteiger charge is 2.32. The van der Waals surface area contributed by atoms with Crippen molar-refractivity contribution in [3.05, 3.63) is 53.8 Å². The molecule has 1 fully saturated rings. The van der Waals surface area contributed by atoms with Crippen LogP contribution < -0.4 is 14.2 Å². The van der Waals surface area contributed by atoms with Crippen LogP contribution in [0.1, 0.15) is 24.4 Å². The number of hydrogen-bond donors (Lipinski definition) is 0. The van der Waals surface area contributed by atoms with Crippen LogP contribution in [0.5, 0.6) is 17.2 Å². The zero-order valence-electron chi connectivity index (χ0n) is 14.9. The normalized spacial score (nSPS) is 16.4. The van der Waals surface area contributed by atoms with E-state index in [2.05, 4.69) is 0 Å². The fraction of sp³-hybridized carbons (Fsp3) is 0.350. The summed E-state index contributed by atoms with van der Waals surface area (Å²) in [5.41, 5.74) is 0.906. The van der Waals surface area contributed by atoms with E-state index in [0.717, 1.165) is 18.4 Å². The van der Waals surface area contributed by atoms with Crippen LogP contribution in [-0.4, -0.2) is 38.2 Å². The molecule has 0 spiro atoms. The fourth-order valence-electron chi connectivity index (χ4n) is 3.27. The number of halogens is 1. The minimum absolute atomic E-state index is 0.0792. The van der Waals surface area contributed by atoms with Gasteiger partial charge in [-0.05, 0) is 43.2 Å². The summed E-state index contributed by atoms with van der Waals surface area (Å²) < 4.78 is 29.8. The lowest BCUT2D eigenvalue weighted by Gasteiger charge is -2.26. The number of nitrogens with zero attached hydrogens (tertiary/aromatic N) is 1. The first-order valence-electron chi connectivity index (χ1n) is 8.52. The quantitative estimate of drug-likeness (QED) is 0.791. The van der Waals surface area contributed by atoms with Gasteiger partial charge in [-0.3, -0.25) is 4.79 Å². The van der Waals surface area contributed by atoms with Gasteiger partial charge >= 0.3 is 0 Å². The van der Waals surface area contributed by atoms with E-state index in [1.54, 1.807) is 31.3 Å². The highest BCUT2D eigenvalue weighted by Crippen LogP contribution is 2.39. The molecule has 0 saturated carbocycles. The third-order valence-corrected chi connectivity index (χ3v) is 4.56. The van der Waals surface area contributed by atoms with Crippen LogP contribution in [0.3, 0.4) is 0 Å². The Morgan fingerprint density at radius 1 is 1.15 bits per heavy atom. The van der Waals surface area contributed by atoms with Crippen LogP contribution in [0.2, 0.25) is 0 Å². The maximum absolute atomic E-state index is 13.7. The molecule has 2 aromatic rings. The standard InChI is InChI=1S/C20H22FNO4/c1-24-14-9-10-18(25-2)15(12-14)17-7-5-11-22(17)20(23)13-26-19-8-4-3-6-16(19)21/h3-4,6,8-10,12,17H,5,7,11,13H2,1-2H3/t17-/m0/s1. The van der Waals surface area contributed by atoms with Crippen molar-refractivity contribution in [2.24, 2.45) is 0 Å². The van der Waals surface area contributed by atoms with Gasteiger partial charge in [-0.15, -0.1) is 0 Å². The summed E-state index contributed by atoms with van der Waals surface area (Å²) in [6.45, 7) is 0.425. The molecule has 0 bridgehead atoms. The number of likely N-dealkylation sites (tertiary alicyclic amines) is 1. The van der Waals surface area contributed by atoms with E-state index >= 15 is 0 Å². The van der Waals surface area contributed by atoms with Crippen LogP contribution in [0.4, 0.5) is 4.39 Å². The van der Waals surface area contributed by atoms with E-state index < -0.39 is 5.82 Å². The highest BCUT2D eigenvalue weighted by molar-refractivity contribution is 5.78. The average Bonchev–Trinajstić information content (AvgIpc) is 3.16. The Hall–Kier alpha value is -2.76. The molecule has 1 amide bonds. The van der Waals surface area contributed by atoms with E-state index in [-0.39, 0.29) is 24.3 Å². The minimum atomic E-state index is -0.479. The predicted molar refractivity (Wildman–Crippen MR) is 95.1 cm³/mol. The largest absolute Gasteiger partial charge is 0.497 e. The van der Waals surface area contributed by atoms with Crippen LogP contribution in [0.15, 0.2) is 42.5 Å². The molecule has 0 unspecified atom stereocenters. The number of carbonyl (C=O) groups is 1. The first kappa shape index (κ1) is 18.0. The monoisotopic (exact) mass is 359 g/mol. The molecule has 5 nitrogen and oxygen atoms in total. The molecule has 0 aromatic heterocycles. The van der Waals surface area contributed by atoms with Gasteiger partial charge in [-0.2, -0.15) is 0 Å². The summed E-state index contributed by atoms with van der Waals surface area (Å²) in [7, 11) is 3.21. The molecule has 138 valence electrons. The Bertz CT molecular complexity index is 780. The lowest BCUT2D eigenvalue weighted by atomic mass is 10.0. The van der Waals surface area contributed by atoms with Gasteiger partial charge in [0.2, 0.25) is 0 Å². The molecule has 1 aliphatic heterocycles. The lowest BCUT2D eigenvalue weighted by molar-refractivity contribution is -0.134. The Morgan fingerprint density at radius 3 is 2.69 bits per heavy atom. The number of ether oxygens (including phenoxy) is 3. The van der Waals surface area contributed by atoms with Crippen molar-refractivity contribution < 1.29 is 23.4 Å². The van der Waals surface area contributed by atoms with E-state index in [1.165, 1.54) is 12.1 Å². The van der Waals surface area contributed by atoms with Crippen molar-refractivity contribution in [1.29, 1.82) is 0 Å². The summed E-state index contributed by atoms with van der Waals surface area (Å²) in [5, 5.41) is 0.